The SMILES string of the molecule is COc1cc(Cl)ccc1C1(C#N)C(CC(C)(C)C)NC(C(=O)O)C1c1cccc(Cl)c1F.O=C(O)C(F)(F)F. The van der Waals surface area contributed by atoms with Crippen LogP contribution in [-0.2, 0) is 15.0 Å². The van der Waals surface area contributed by atoms with E-state index in [0.29, 0.717) is 22.8 Å². The van der Waals surface area contributed by atoms with Gasteiger partial charge in [0.05, 0.1) is 18.2 Å². The topological polar surface area (TPSA) is 120 Å². The van der Waals surface area contributed by atoms with Gasteiger partial charge in [0.15, 0.2) is 0 Å². The van der Waals surface area contributed by atoms with Gasteiger partial charge in [-0.3, -0.25) is 10.1 Å². The first-order valence-electron chi connectivity index (χ1n) is 11.4. The van der Waals surface area contributed by atoms with Gasteiger partial charge in [0.25, 0.3) is 0 Å². The fourth-order valence-electron chi connectivity index (χ4n) is 4.73. The van der Waals surface area contributed by atoms with E-state index < -0.39 is 47.3 Å². The number of aliphatic carboxylic acids is 2. The zero-order chi connectivity index (χ0) is 29.9. The molecule has 4 unspecified atom stereocenters. The van der Waals surface area contributed by atoms with E-state index >= 15 is 4.39 Å². The van der Waals surface area contributed by atoms with E-state index in [4.69, 9.17) is 37.8 Å². The number of nitriles is 1. The Morgan fingerprint density at radius 2 is 1.74 bits per heavy atom. The Bertz CT molecular complexity index is 1280. The maximum Gasteiger partial charge on any atom is 0.490 e. The number of halogens is 6. The minimum absolute atomic E-state index is 0.0624. The van der Waals surface area contributed by atoms with Crippen molar-refractivity contribution in [1.82, 2.24) is 5.32 Å². The molecule has 0 bridgehead atoms. The highest BCUT2D eigenvalue weighted by Crippen LogP contribution is 2.54. The Balaban J connectivity index is 0.000000673. The van der Waals surface area contributed by atoms with Crippen molar-refractivity contribution in [3.05, 3.63) is 63.4 Å². The maximum absolute atomic E-state index is 15.3. The molecule has 1 aliphatic heterocycles. The van der Waals surface area contributed by atoms with Crippen LogP contribution in [0.25, 0.3) is 0 Å². The van der Waals surface area contributed by atoms with Crippen molar-refractivity contribution in [3.63, 3.8) is 0 Å². The van der Waals surface area contributed by atoms with Gasteiger partial charge < -0.3 is 14.9 Å². The van der Waals surface area contributed by atoms with Crippen molar-refractivity contribution in [2.75, 3.05) is 7.11 Å². The molecule has 7 nitrogen and oxygen atoms in total. The Morgan fingerprint density at radius 1 is 1.15 bits per heavy atom. The molecule has 13 heteroatoms. The van der Waals surface area contributed by atoms with Gasteiger partial charge in [0.2, 0.25) is 0 Å². The first-order chi connectivity index (χ1) is 17.9. The highest BCUT2D eigenvalue weighted by molar-refractivity contribution is 6.31. The second kappa shape index (κ2) is 12.0. The zero-order valence-electron chi connectivity index (χ0n) is 21.2. The molecule has 39 heavy (non-hydrogen) atoms. The molecular formula is C26H26Cl2F4N2O5. The second-order valence-corrected chi connectivity index (χ2v) is 10.9. The number of rotatable bonds is 5. The van der Waals surface area contributed by atoms with Crippen molar-refractivity contribution in [3.8, 4) is 11.8 Å². The minimum Gasteiger partial charge on any atom is -0.496 e. The molecule has 1 aliphatic rings. The number of benzene rings is 2. The van der Waals surface area contributed by atoms with Crippen molar-refractivity contribution in [1.29, 1.82) is 5.26 Å². The standard InChI is InChI=1S/C24H25Cl2FN2O3.C2HF3O2/c1-23(2,3)11-18-24(12-28,15-9-8-13(25)10-17(15)32-4)19(21(29-18)22(30)31)14-6-5-7-16(26)20(14)27;3-2(4,5)1(6)7/h5-10,18-19,21,29H,11H2,1-4H3,(H,30,31);(H,6,7). The summed E-state index contributed by atoms with van der Waals surface area (Å²) in [5.41, 5.74) is -1.23. The molecule has 1 saturated heterocycles. The Labute approximate surface area is 232 Å². The van der Waals surface area contributed by atoms with Gasteiger partial charge in [0.1, 0.15) is 23.0 Å². The third-order valence-corrected chi connectivity index (χ3v) is 6.72. The van der Waals surface area contributed by atoms with Crippen molar-refractivity contribution in [2.24, 2.45) is 5.41 Å². The van der Waals surface area contributed by atoms with Crippen LogP contribution in [0.2, 0.25) is 10.0 Å². The molecule has 0 aliphatic carbocycles. The molecule has 212 valence electrons. The van der Waals surface area contributed by atoms with Gasteiger partial charge in [0, 0.05) is 22.5 Å². The van der Waals surface area contributed by atoms with Crippen molar-refractivity contribution in [2.45, 2.75) is 56.8 Å². The third-order valence-electron chi connectivity index (χ3n) is 6.19. The summed E-state index contributed by atoms with van der Waals surface area (Å²) in [5.74, 6) is -5.42. The number of methoxy groups -OCH3 is 1. The number of hydrogen-bond acceptors (Lipinski definition) is 5. The van der Waals surface area contributed by atoms with Crippen LogP contribution in [0.4, 0.5) is 17.6 Å². The highest BCUT2D eigenvalue weighted by Gasteiger charge is 2.61. The van der Waals surface area contributed by atoms with Gasteiger partial charge >= 0.3 is 18.1 Å². The van der Waals surface area contributed by atoms with E-state index in [1.54, 1.807) is 24.3 Å². The second-order valence-electron chi connectivity index (χ2n) is 10.0. The lowest BCUT2D eigenvalue weighted by molar-refractivity contribution is -0.192. The predicted octanol–water partition coefficient (Wildman–Crippen LogP) is 6.18. The quantitative estimate of drug-likeness (QED) is 0.354. The number of ether oxygens (including phenoxy) is 1. The van der Waals surface area contributed by atoms with E-state index in [1.165, 1.54) is 19.2 Å². The summed E-state index contributed by atoms with van der Waals surface area (Å²) in [4.78, 5) is 21.3. The Hall–Kier alpha value is -3.07. The summed E-state index contributed by atoms with van der Waals surface area (Å²) in [6.45, 7) is 6.00. The van der Waals surface area contributed by atoms with Crippen LogP contribution >= 0.6 is 23.2 Å². The van der Waals surface area contributed by atoms with Gasteiger partial charge in [-0.25, -0.2) is 9.18 Å². The number of alkyl halides is 3. The van der Waals surface area contributed by atoms with Crippen LogP contribution < -0.4 is 10.1 Å². The molecule has 0 spiro atoms. The number of nitrogens with zero attached hydrogens (tertiary/aromatic N) is 1. The van der Waals surface area contributed by atoms with E-state index in [0.717, 1.165) is 0 Å². The van der Waals surface area contributed by atoms with Crippen molar-refractivity contribution < 1.29 is 42.1 Å². The first-order valence-corrected chi connectivity index (χ1v) is 12.1. The molecule has 2 aromatic carbocycles. The average Bonchev–Trinajstić information content (AvgIpc) is 3.13. The third kappa shape index (κ3) is 6.93. The molecule has 0 saturated carbocycles. The molecular weight excluding hydrogens is 567 g/mol. The molecule has 1 heterocycles. The number of nitrogens with one attached hydrogen (secondary N) is 1. The summed E-state index contributed by atoms with van der Waals surface area (Å²) in [6, 6.07) is 9.81. The lowest BCUT2D eigenvalue weighted by atomic mass is 9.62. The normalized spacial score (nSPS) is 22.8. The number of carbonyl (C=O) groups is 2. The van der Waals surface area contributed by atoms with Crippen LogP contribution in [0.1, 0.15) is 44.2 Å². The Morgan fingerprint density at radius 3 is 2.21 bits per heavy atom. The molecule has 1 fully saturated rings. The average molecular weight is 593 g/mol. The predicted molar refractivity (Wildman–Crippen MR) is 136 cm³/mol. The van der Waals surface area contributed by atoms with Crippen LogP contribution in [0.15, 0.2) is 36.4 Å². The monoisotopic (exact) mass is 592 g/mol. The molecule has 0 radical (unpaired) electrons. The van der Waals surface area contributed by atoms with E-state index in [2.05, 4.69) is 11.4 Å². The molecule has 0 aromatic heterocycles. The van der Waals surface area contributed by atoms with Crippen LogP contribution in [0.3, 0.4) is 0 Å². The first kappa shape index (κ1) is 32.1. The number of carboxylic acid groups (broad SMARTS) is 2. The number of carboxylic acids is 2. The van der Waals surface area contributed by atoms with Crippen LogP contribution in [0, 0.1) is 22.6 Å². The maximum atomic E-state index is 15.3. The largest absolute Gasteiger partial charge is 0.496 e. The summed E-state index contributed by atoms with van der Waals surface area (Å²) in [5, 5.41) is 31.3. The van der Waals surface area contributed by atoms with E-state index in [1.807, 2.05) is 20.8 Å². The zero-order valence-corrected chi connectivity index (χ0v) is 22.7. The van der Waals surface area contributed by atoms with Crippen LogP contribution in [-0.4, -0.2) is 47.5 Å². The molecule has 2 aromatic rings. The van der Waals surface area contributed by atoms with Crippen molar-refractivity contribution >= 4 is 35.1 Å². The van der Waals surface area contributed by atoms with E-state index in [9.17, 15) is 28.3 Å². The summed E-state index contributed by atoms with van der Waals surface area (Å²) in [7, 11) is 1.45. The van der Waals surface area contributed by atoms with Gasteiger partial charge in [-0.05, 0) is 35.6 Å². The lowest BCUT2D eigenvalue weighted by Gasteiger charge is -2.38. The van der Waals surface area contributed by atoms with Crippen LogP contribution in [0.5, 0.6) is 5.75 Å². The highest BCUT2D eigenvalue weighted by atomic mass is 35.5. The lowest BCUT2D eigenvalue weighted by Crippen LogP contribution is -2.44. The minimum atomic E-state index is -5.08. The fourth-order valence-corrected chi connectivity index (χ4v) is 5.07. The van der Waals surface area contributed by atoms with Gasteiger partial charge in [-0.15, -0.1) is 0 Å². The molecule has 0 amide bonds. The molecule has 4 atom stereocenters. The Kier molecular flexibility index (Phi) is 9.88. The molecule has 3 N–H and O–H groups in total. The van der Waals surface area contributed by atoms with Gasteiger partial charge in [-0.2, -0.15) is 18.4 Å². The summed E-state index contributed by atoms with van der Waals surface area (Å²) >= 11 is 12.2. The van der Waals surface area contributed by atoms with Gasteiger partial charge in [-0.1, -0.05) is 62.2 Å². The summed E-state index contributed by atoms with van der Waals surface area (Å²) in [6.07, 6.45) is -4.63. The smallest absolute Gasteiger partial charge is 0.490 e. The fraction of sp³-hybridized carbons (Fsp3) is 0.423. The molecule has 3 rings (SSSR count). The number of hydrogen-bond donors (Lipinski definition) is 3. The van der Waals surface area contributed by atoms with E-state index in [-0.39, 0.29) is 16.0 Å². The summed E-state index contributed by atoms with van der Waals surface area (Å²) < 4.78 is 52.6.